The molecule has 1 amide bonds. The van der Waals surface area contributed by atoms with E-state index in [1.165, 1.54) is 11.3 Å². The van der Waals surface area contributed by atoms with E-state index < -0.39 is 0 Å². The number of carbonyl (C=O) groups is 1. The van der Waals surface area contributed by atoms with Crippen molar-refractivity contribution in [1.29, 1.82) is 0 Å². The van der Waals surface area contributed by atoms with Gasteiger partial charge < -0.3 is 15.2 Å². The van der Waals surface area contributed by atoms with Crippen LogP contribution in [0.2, 0.25) is 0 Å². The maximum Gasteiger partial charge on any atom is 0.257 e. The Labute approximate surface area is 118 Å². The number of amides is 1. The van der Waals surface area contributed by atoms with Gasteiger partial charge in [0.1, 0.15) is 5.01 Å². The third-order valence-corrected chi connectivity index (χ3v) is 3.73. The summed E-state index contributed by atoms with van der Waals surface area (Å²) in [6, 6.07) is 4.79. The third-order valence-electron chi connectivity index (χ3n) is 2.69. The predicted molar refractivity (Wildman–Crippen MR) is 73.0 cm³/mol. The van der Waals surface area contributed by atoms with Crippen LogP contribution in [-0.2, 0) is 0 Å². The summed E-state index contributed by atoms with van der Waals surface area (Å²) in [6.07, 6.45) is 0. The summed E-state index contributed by atoms with van der Waals surface area (Å²) in [6.45, 7) is 1.98. The van der Waals surface area contributed by atoms with Crippen LogP contribution in [0.1, 0.15) is 28.3 Å². The molecule has 0 saturated heterocycles. The van der Waals surface area contributed by atoms with Gasteiger partial charge in [-0.1, -0.05) is 11.3 Å². The van der Waals surface area contributed by atoms with E-state index >= 15 is 0 Å². The molecule has 0 unspecified atom stereocenters. The molecule has 1 aromatic heterocycles. The molecular formula is C12H12N4O3S. The minimum Gasteiger partial charge on any atom is -0.454 e. The number of nitrogens with two attached hydrogens (primary N) is 1. The van der Waals surface area contributed by atoms with Crippen molar-refractivity contribution >= 4 is 22.4 Å². The van der Waals surface area contributed by atoms with Crippen LogP contribution in [0.15, 0.2) is 18.2 Å². The van der Waals surface area contributed by atoms with Crippen molar-refractivity contribution in [3.05, 3.63) is 28.8 Å². The zero-order valence-corrected chi connectivity index (χ0v) is 11.4. The normalized spacial score (nSPS) is 14.1. The number of benzene rings is 1. The van der Waals surface area contributed by atoms with Crippen LogP contribution in [0.25, 0.3) is 0 Å². The van der Waals surface area contributed by atoms with Crippen molar-refractivity contribution in [1.82, 2.24) is 10.2 Å². The number of hydrogen-bond donors (Lipinski definition) is 2. The summed E-state index contributed by atoms with van der Waals surface area (Å²) in [4.78, 5) is 12.1. The van der Waals surface area contributed by atoms with E-state index in [4.69, 9.17) is 15.2 Å². The summed E-state index contributed by atoms with van der Waals surface area (Å²) in [5, 5.41) is 11.5. The molecule has 1 aromatic carbocycles. The zero-order chi connectivity index (χ0) is 14.1. The highest BCUT2D eigenvalue weighted by Gasteiger charge is 2.17. The number of nitrogens with one attached hydrogen (secondary N) is 1. The Bertz CT molecular complexity index is 656. The smallest absolute Gasteiger partial charge is 0.257 e. The summed E-state index contributed by atoms with van der Waals surface area (Å²) >= 11 is 1.25. The fourth-order valence-electron chi connectivity index (χ4n) is 1.68. The Morgan fingerprint density at radius 2 is 2.20 bits per heavy atom. The zero-order valence-electron chi connectivity index (χ0n) is 10.6. The predicted octanol–water partition coefficient (Wildman–Crippen LogP) is 1.54. The second kappa shape index (κ2) is 5.06. The van der Waals surface area contributed by atoms with Crippen LogP contribution >= 0.6 is 11.3 Å². The fraction of sp³-hybridized carbons (Fsp3) is 0.250. The van der Waals surface area contributed by atoms with Crippen molar-refractivity contribution in [2.45, 2.75) is 13.0 Å². The Morgan fingerprint density at radius 1 is 1.40 bits per heavy atom. The summed E-state index contributed by atoms with van der Waals surface area (Å²) in [7, 11) is 0. The Hall–Kier alpha value is -2.19. The maximum atomic E-state index is 12.1. The van der Waals surface area contributed by atoms with E-state index in [0.29, 0.717) is 27.2 Å². The molecule has 1 aliphatic rings. The first-order chi connectivity index (χ1) is 9.63. The SMILES string of the molecule is C[C@H](N)c1nnc(NC(=O)c2ccc3c(c2)OCO3)s1. The summed E-state index contributed by atoms with van der Waals surface area (Å²) < 4.78 is 10.4. The molecular weight excluding hydrogens is 280 g/mol. The molecule has 0 radical (unpaired) electrons. The first kappa shape index (κ1) is 12.8. The van der Waals surface area contributed by atoms with Crippen LogP contribution in [0.4, 0.5) is 5.13 Å². The molecule has 2 aromatic rings. The molecule has 104 valence electrons. The largest absolute Gasteiger partial charge is 0.454 e. The highest BCUT2D eigenvalue weighted by Crippen LogP contribution is 2.32. The number of carbonyl (C=O) groups excluding carboxylic acids is 1. The number of nitrogens with zero attached hydrogens (tertiary/aromatic N) is 2. The molecule has 0 saturated carbocycles. The van der Waals surface area contributed by atoms with E-state index in [9.17, 15) is 4.79 Å². The monoisotopic (exact) mass is 292 g/mol. The van der Waals surface area contributed by atoms with Crippen LogP contribution in [0.3, 0.4) is 0 Å². The van der Waals surface area contributed by atoms with Gasteiger partial charge in [0.15, 0.2) is 11.5 Å². The summed E-state index contributed by atoms with van der Waals surface area (Å²) in [5.41, 5.74) is 6.16. The van der Waals surface area contributed by atoms with Crippen LogP contribution < -0.4 is 20.5 Å². The van der Waals surface area contributed by atoms with Crippen LogP contribution in [0.5, 0.6) is 11.5 Å². The number of aromatic nitrogens is 2. The van der Waals surface area contributed by atoms with Gasteiger partial charge in [0, 0.05) is 5.56 Å². The second-order valence-electron chi connectivity index (χ2n) is 4.26. The van der Waals surface area contributed by atoms with Crippen molar-refractivity contribution in [2.75, 3.05) is 12.1 Å². The van der Waals surface area contributed by atoms with Gasteiger partial charge >= 0.3 is 0 Å². The molecule has 2 heterocycles. The van der Waals surface area contributed by atoms with E-state index in [2.05, 4.69) is 15.5 Å². The number of anilines is 1. The number of hydrogen-bond acceptors (Lipinski definition) is 7. The number of ether oxygens (including phenoxy) is 2. The van der Waals surface area contributed by atoms with Crippen molar-refractivity contribution in [2.24, 2.45) is 5.73 Å². The molecule has 20 heavy (non-hydrogen) atoms. The van der Waals surface area contributed by atoms with E-state index in [1.54, 1.807) is 18.2 Å². The minimum absolute atomic E-state index is 0.175. The lowest BCUT2D eigenvalue weighted by Gasteiger charge is -2.02. The Morgan fingerprint density at radius 3 is 2.95 bits per heavy atom. The molecule has 1 aliphatic heterocycles. The van der Waals surface area contributed by atoms with Gasteiger partial charge in [0.2, 0.25) is 11.9 Å². The fourth-order valence-corrected chi connectivity index (χ4v) is 2.37. The van der Waals surface area contributed by atoms with Crippen LogP contribution in [0, 0.1) is 0 Å². The molecule has 0 bridgehead atoms. The molecule has 7 nitrogen and oxygen atoms in total. The van der Waals surface area contributed by atoms with Gasteiger partial charge in [0.05, 0.1) is 6.04 Å². The maximum absolute atomic E-state index is 12.1. The van der Waals surface area contributed by atoms with E-state index in [1.807, 2.05) is 6.92 Å². The lowest BCUT2D eigenvalue weighted by atomic mass is 10.2. The van der Waals surface area contributed by atoms with E-state index in [-0.39, 0.29) is 18.7 Å². The third kappa shape index (κ3) is 2.43. The Kier molecular flexibility index (Phi) is 3.25. The van der Waals surface area contributed by atoms with Crippen molar-refractivity contribution in [3.8, 4) is 11.5 Å². The Balaban J connectivity index is 1.75. The average molecular weight is 292 g/mol. The average Bonchev–Trinajstić information content (AvgIpc) is 3.05. The van der Waals surface area contributed by atoms with Crippen LogP contribution in [-0.4, -0.2) is 22.9 Å². The minimum atomic E-state index is -0.282. The topological polar surface area (TPSA) is 99.4 Å². The van der Waals surface area contributed by atoms with Gasteiger partial charge in [-0.15, -0.1) is 10.2 Å². The molecule has 8 heteroatoms. The molecule has 0 aliphatic carbocycles. The van der Waals surface area contributed by atoms with Gasteiger partial charge in [0.25, 0.3) is 5.91 Å². The molecule has 0 fully saturated rings. The summed E-state index contributed by atoms with van der Waals surface area (Å²) in [5.74, 6) is 0.915. The first-order valence-corrected chi connectivity index (χ1v) is 6.75. The molecule has 1 atom stereocenters. The molecule has 0 spiro atoms. The van der Waals surface area contributed by atoms with Gasteiger partial charge in [-0.3, -0.25) is 10.1 Å². The lowest BCUT2D eigenvalue weighted by molar-refractivity contribution is 0.102. The highest BCUT2D eigenvalue weighted by atomic mass is 32.1. The second-order valence-corrected chi connectivity index (χ2v) is 5.27. The van der Waals surface area contributed by atoms with Gasteiger partial charge in [-0.05, 0) is 25.1 Å². The van der Waals surface area contributed by atoms with Gasteiger partial charge in [-0.2, -0.15) is 0 Å². The molecule has 3 rings (SSSR count). The molecule has 3 N–H and O–H groups in total. The van der Waals surface area contributed by atoms with Crippen molar-refractivity contribution < 1.29 is 14.3 Å². The quantitative estimate of drug-likeness (QED) is 0.890. The highest BCUT2D eigenvalue weighted by molar-refractivity contribution is 7.15. The number of rotatable bonds is 3. The first-order valence-electron chi connectivity index (χ1n) is 5.93. The standard InChI is InChI=1S/C12H12N4O3S/c1-6(13)11-15-16-12(20-11)14-10(17)7-2-3-8-9(4-7)19-5-18-8/h2-4,6H,5,13H2,1H3,(H,14,16,17)/t6-/m0/s1. The van der Waals surface area contributed by atoms with E-state index in [0.717, 1.165) is 0 Å². The lowest BCUT2D eigenvalue weighted by Crippen LogP contribution is -2.11. The van der Waals surface area contributed by atoms with Gasteiger partial charge in [-0.25, -0.2) is 0 Å². The number of fused-ring (bicyclic) bond motifs is 1. The van der Waals surface area contributed by atoms with Crippen molar-refractivity contribution in [3.63, 3.8) is 0 Å².